The Morgan fingerprint density at radius 3 is 2.65 bits per heavy atom. The summed E-state index contributed by atoms with van der Waals surface area (Å²) in [6.07, 6.45) is 4.02. The topological polar surface area (TPSA) is 95.4 Å². The molecule has 138 valence electrons. The molecule has 0 amide bonds. The smallest absolute Gasteiger partial charge is 0.270 e. The van der Waals surface area contributed by atoms with Gasteiger partial charge in [-0.25, -0.2) is 4.39 Å². The van der Waals surface area contributed by atoms with Crippen molar-refractivity contribution in [3.63, 3.8) is 0 Å². The molecule has 1 atom stereocenters. The van der Waals surface area contributed by atoms with E-state index < -0.39 is 0 Å². The van der Waals surface area contributed by atoms with Crippen molar-refractivity contribution >= 4 is 17.6 Å². The summed E-state index contributed by atoms with van der Waals surface area (Å²) in [4.78, 5) is 4.28. The first-order valence-electron chi connectivity index (χ1n) is 8.50. The Balaban J connectivity index is 2.26. The highest BCUT2D eigenvalue weighted by atomic mass is 19.1. The van der Waals surface area contributed by atoms with Crippen LogP contribution in [0.2, 0.25) is 0 Å². The fourth-order valence-electron chi connectivity index (χ4n) is 2.32. The van der Waals surface area contributed by atoms with Crippen LogP contribution in [0.25, 0.3) is 5.70 Å². The lowest BCUT2D eigenvalue weighted by atomic mass is 10.1. The minimum absolute atomic E-state index is 0.0430. The maximum Gasteiger partial charge on any atom is 0.270 e. The van der Waals surface area contributed by atoms with E-state index in [0.29, 0.717) is 12.3 Å². The summed E-state index contributed by atoms with van der Waals surface area (Å²) in [7, 11) is 0. The molecule has 6 nitrogen and oxygen atoms in total. The summed E-state index contributed by atoms with van der Waals surface area (Å²) in [5.74, 6) is -0.0352. The Hall–Kier alpha value is -2.83. The van der Waals surface area contributed by atoms with Crippen LogP contribution in [0.4, 0.5) is 4.39 Å². The van der Waals surface area contributed by atoms with Crippen molar-refractivity contribution in [2.24, 2.45) is 10.9 Å². The van der Waals surface area contributed by atoms with Crippen molar-refractivity contribution in [3.05, 3.63) is 53.2 Å². The van der Waals surface area contributed by atoms with Crippen molar-refractivity contribution in [2.45, 2.75) is 40.0 Å². The molecule has 0 aliphatic heterocycles. The van der Waals surface area contributed by atoms with E-state index in [4.69, 9.17) is 9.83 Å². The second-order valence-electron chi connectivity index (χ2n) is 6.17. The van der Waals surface area contributed by atoms with E-state index in [-0.39, 0.29) is 34.8 Å². The molecule has 2 rings (SSSR count). The second kappa shape index (κ2) is 9.03. The zero-order valence-electron chi connectivity index (χ0n) is 15.2. The van der Waals surface area contributed by atoms with E-state index in [0.717, 1.165) is 18.4 Å². The summed E-state index contributed by atoms with van der Waals surface area (Å²) in [5.41, 5.74) is 0.858. The number of rotatable bonds is 8. The van der Waals surface area contributed by atoms with Crippen LogP contribution in [0.5, 0.6) is 0 Å². The van der Waals surface area contributed by atoms with Crippen molar-refractivity contribution < 1.29 is 13.9 Å². The van der Waals surface area contributed by atoms with E-state index in [1.807, 2.05) is 6.92 Å². The highest BCUT2D eigenvalue weighted by Gasteiger charge is 2.17. The van der Waals surface area contributed by atoms with Crippen LogP contribution in [0.15, 0.2) is 39.4 Å². The fraction of sp³-hybridized carbons (Fsp3) is 0.368. The molecule has 26 heavy (non-hydrogen) atoms. The third kappa shape index (κ3) is 5.34. The number of halogens is 1. The molecule has 0 radical (unpaired) electrons. The second-order valence-corrected chi connectivity index (χ2v) is 6.17. The number of nitrogens with one attached hydrogen (secondary N) is 1. The third-order valence-corrected chi connectivity index (χ3v) is 3.72. The Kier molecular flexibility index (Phi) is 6.77. The molecule has 0 fully saturated rings. The van der Waals surface area contributed by atoms with E-state index in [1.54, 1.807) is 18.3 Å². The van der Waals surface area contributed by atoms with Gasteiger partial charge in [0.05, 0.1) is 12.1 Å². The first kappa shape index (κ1) is 19.5. The predicted molar refractivity (Wildman–Crippen MR) is 99.0 cm³/mol. The van der Waals surface area contributed by atoms with E-state index in [9.17, 15) is 9.50 Å². The molecule has 0 bridgehead atoms. The molecule has 0 saturated heterocycles. The molecule has 0 aliphatic rings. The number of nitrogens with zero attached hydrogens (tertiary/aromatic N) is 3. The zero-order valence-corrected chi connectivity index (χ0v) is 15.2. The van der Waals surface area contributed by atoms with E-state index in [1.165, 1.54) is 19.1 Å². The third-order valence-electron chi connectivity index (χ3n) is 3.72. The predicted octanol–water partition coefficient (Wildman–Crippen LogP) is 4.57. The highest BCUT2D eigenvalue weighted by Crippen LogP contribution is 2.20. The van der Waals surface area contributed by atoms with Crippen LogP contribution in [-0.2, 0) is 6.42 Å². The minimum Gasteiger partial charge on any atom is -0.504 e. The standard InChI is InChI=1S/C19H23FN4O2/c1-4-5-12(2)11-22-17(18(25)13(3)21)19-24-23-16(26-19)10-14-6-8-15(20)9-7-14/h6-9,11-12,21,25H,4-5,10H2,1-3H3/b18-17+,21-13?,22-11-. The normalized spacial score (nSPS) is 13.7. The minimum atomic E-state index is -0.313. The highest BCUT2D eigenvalue weighted by molar-refractivity contribution is 6.00. The summed E-state index contributed by atoms with van der Waals surface area (Å²) in [6, 6.07) is 6.00. The first-order chi connectivity index (χ1) is 12.4. The molecule has 0 aliphatic carbocycles. The summed E-state index contributed by atoms with van der Waals surface area (Å²) in [5, 5.41) is 25.7. The number of aliphatic hydroxyl groups excluding tert-OH is 1. The van der Waals surface area contributed by atoms with E-state index >= 15 is 0 Å². The van der Waals surface area contributed by atoms with Crippen molar-refractivity contribution in [2.75, 3.05) is 0 Å². The van der Waals surface area contributed by atoms with Gasteiger partial charge in [0, 0.05) is 6.21 Å². The summed E-state index contributed by atoms with van der Waals surface area (Å²) in [6.45, 7) is 5.56. The summed E-state index contributed by atoms with van der Waals surface area (Å²) >= 11 is 0. The Morgan fingerprint density at radius 2 is 2.04 bits per heavy atom. The molecule has 1 aromatic carbocycles. The molecular weight excluding hydrogens is 335 g/mol. The van der Waals surface area contributed by atoms with Crippen LogP contribution < -0.4 is 0 Å². The number of aliphatic imine (C=N–C) groups is 1. The van der Waals surface area contributed by atoms with Crippen LogP contribution in [-0.4, -0.2) is 27.2 Å². The molecule has 2 N–H and O–H groups in total. The number of hydrogen-bond donors (Lipinski definition) is 2. The average molecular weight is 358 g/mol. The Labute approximate surface area is 152 Å². The lowest BCUT2D eigenvalue weighted by Gasteiger charge is -2.04. The number of allylic oxidation sites excluding steroid dienone is 1. The van der Waals surface area contributed by atoms with Crippen LogP contribution in [0.1, 0.15) is 51.0 Å². The number of aromatic nitrogens is 2. The van der Waals surface area contributed by atoms with Gasteiger partial charge in [-0.05, 0) is 37.0 Å². The monoisotopic (exact) mass is 358 g/mol. The lowest BCUT2D eigenvalue weighted by Crippen LogP contribution is -2.01. The lowest BCUT2D eigenvalue weighted by molar-refractivity contribution is 0.436. The van der Waals surface area contributed by atoms with Gasteiger partial charge in [0.1, 0.15) is 5.82 Å². The Bertz CT molecular complexity index is 809. The van der Waals surface area contributed by atoms with E-state index in [2.05, 4.69) is 22.1 Å². The zero-order chi connectivity index (χ0) is 19.1. The molecular formula is C19H23FN4O2. The van der Waals surface area contributed by atoms with Gasteiger partial charge in [-0.3, -0.25) is 4.99 Å². The van der Waals surface area contributed by atoms with Crippen molar-refractivity contribution in [3.8, 4) is 0 Å². The largest absolute Gasteiger partial charge is 0.504 e. The van der Waals surface area contributed by atoms with Crippen molar-refractivity contribution in [1.29, 1.82) is 5.41 Å². The fourth-order valence-corrected chi connectivity index (χ4v) is 2.32. The van der Waals surface area contributed by atoms with Gasteiger partial charge in [0.25, 0.3) is 5.89 Å². The van der Waals surface area contributed by atoms with Gasteiger partial charge in [-0.15, -0.1) is 10.2 Å². The van der Waals surface area contributed by atoms with Gasteiger partial charge in [-0.2, -0.15) is 0 Å². The Morgan fingerprint density at radius 1 is 1.35 bits per heavy atom. The first-order valence-corrected chi connectivity index (χ1v) is 8.50. The van der Waals surface area contributed by atoms with Gasteiger partial charge < -0.3 is 14.9 Å². The molecule has 1 unspecified atom stereocenters. The average Bonchev–Trinajstić information content (AvgIpc) is 3.05. The molecule has 1 aromatic heterocycles. The molecule has 0 saturated carbocycles. The number of aliphatic hydroxyl groups is 1. The maximum absolute atomic E-state index is 13.0. The van der Waals surface area contributed by atoms with Crippen LogP contribution in [0.3, 0.4) is 0 Å². The quantitative estimate of drug-likeness (QED) is 0.533. The van der Waals surface area contributed by atoms with Crippen molar-refractivity contribution in [1.82, 2.24) is 10.2 Å². The van der Waals surface area contributed by atoms with Crippen LogP contribution in [0, 0.1) is 17.1 Å². The van der Waals surface area contributed by atoms with Gasteiger partial charge in [0.15, 0.2) is 11.5 Å². The van der Waals surface area contributed by atoms with Gasteiger partial charge in [-0.1, -0.05) is 32.4 Å². The molecule has 7 heteroatoms. The SMILES string of the molecule is CCCC(C)/C=N\C(=C(\O)C(C)=N)c1nnc(Cc2ccc(F)cc2)o1. The van der Waals surface area contributed by atoms with Gasteiger partial charge in [0.2, 0.25) is 5.89 Å². The molecule has 0 spiro atoms. The molecule has 1 heterocycles. The maximum atomic E-state index is 13.0. The molecule has 2 aromatic rings. The summed E-state index contributed by atoms with van der Waals surface area (Å²) < 4.78 is 18.6. The van der Waals surface area contributed by atoms with Gasteiger partial charge >= 0.3 is 0 Å². The van der Waals surface area contributed by atoms with Crippen LogP contribution >= 0.6 is 0 Å². The number of hydrogen-bond acceptors (Lipinski definition) is 6. The number of benzene rings is 1.